The number of rotatable bonds is 6. The van der Waals surface area contributed by atoms with Crippen LogP contribution >= 0.6 is 11.6 Å². The molecule has 1 aromatic carbocycles. The molecule has 0 aliphatic heterocycles. The molecule has 1 atom stereocenters. The number of primary sulfonamides is 1. The standard InChI is InChI=1S/C12H18ClN3O3S/c1-3-15-8(2)6-12(17)16-11-7-9(20(14,18)19)4-5-10(11)13/h4-5,7-8,15H,3,6H2,1-2H3,(H,16,17)(H2,14,18,19). The van der Waals surface area contributed by atoms with Crippen LogP contribution in [0.5, 0.6) is 0 Å². The topological polar surface area (TPSA) is 101 Å². The summed E-state index contributed by atoms with van der Waals surface area (Å²) in [4.78, 5) is 11.7. The Kier molecular flexibility index (Phi) is 5.94. The second-order valence-electron chi connectivity index (χ2n) is 4.40. The van der Waals surface area contributed by atoms with E-state index >= 15 is 0 Å². The van der Waals surface area contributed by atoms with Gasteiger partial charge in [0.05, 0.1) is 15.6 Å². The minimum absolute atomic E-state index is 0.0141. The number of sulfonamides is 1. The predicted molar refractivity (Wildman–Crippen MR) is 79.2 cm³/mol. The van der Waals surface area contributed by atoms with Gasteiger partial charge in [-0.3, -0.25) is 4.79 Å². The Labute approximate surface area is 123 Å². The lowest BCUT2D eigenvalue weighted by Gasteiger charge is -2.13. The van der Waals surface area contributed by atoms with Crippen LogP contribution < -0.4 is 15.8 Å². The van der Waals surface area contributed by atoms with Gasteiger partial charge in [-0.25, -0.2) is 13.6 Å². The number of carbonyl (C=O) groups is 1. The van der Waals surface area contributed by atoms with E-state index in [4.69, 9.17) is 16.7 Å². The van der Waals surface area contributed by atoms with Crippen LogP contribution in [-0.2, 0) is 14.8 Å². The van der Waals surface area contributed by atoms with E-state index in [1.54, 1.807) is 0 Å². The molecule has 4 N–H and O–H groups in total. The van der Waals surface area contributed by atoms with Crippen molar-refractivity contribution in [1.29, 1.82) is 0 Å². The van der Waals surface area contributed by atoms with E-state index in [0.717, 1.165) is 6.54 Å². The van der Waals surface area contributed by atoms with Crippen molar-refractivity contribution in [3.8, 4) is 0 Å². The normalized spacial score (nSPS) is 13.0. The summed E-state index contributed by atoms with van der Waals surface area (Å²) in [6.07, 6.45) is 0.254. The van der Waals surface area contributed by atoms with Crippen LogP contribution in [0.25, 0.3) is 0 Å². The molecule has 1 amide bonds. The molecule has 1 aromatic rings. The number of hydrogen-bond acceptors (Lipinski definition) is 4. The Bertz CT molecular complexity index is 590. The first kappa shape index (κ1) is 16.9. The number of nitrogens with two attached hydrogens (primary N) is 1. The van der Waals surface area contributed by atoms with E-state index in [2.05, 4.69) is 10.6 Å². The first-order chi connectivity index (χ1) is 9.24. The van der Waals surface area contributed by atoms with Gasteiger partial charge in [0.2, 0.25) is 15.9 Å². The molecule has 0 saturated heterocycles. The van der Waals surface area contributed by atoms with Crippen molar-refractivity contribution in [3.63, 3.8) is 0 Å². The smallest absolute Gasteiger partial charge is 0.238 e. The molecule has 0 aliphatic carbocycles. The molecule has 1 rings (SSSR count). The van der Waals surface area contributed by atoms with Gasteiger partial charge >= 0.3 is 0 Å². The maximum Gasteiger partial charge on any atom is 0.238 e. The highest BCUT2D eigenvalue weighted by Gasteiger charge is 2.14. The molecule has 0 saturated carbocycles. The van der Waals surface area contributed by atoms with Crippen LogP contribution in [0.15, 0.2) is 23.1 Å². The van der Waals surface area contributed by atoms with Crippen molar-refractivity contribution < 1.29 is 13.2 Å². The molecular formula is C12H18ClN3O3S. The molecule has 0 bridgehead atoms. The lowest BCUT2D eigenvalue weighted by Crippen LogP contribution is -2.30. The quantitative estimate of drug-likeness (QED) is 0.736. The maximum absolute atomic E-state index is 11.8. The van der Waals surface area contributed by atoms with Crippen molar-refractivity contribution in [2.45, 2.75) is 31.2 Å². The monoisotopic (exact) mass is 319 g/mol. The summed E-state index contributed by atoms with van der Waals surface area (Å²) >= 11 is 5.92. The van der Waals surface area contributed by atoms with E-state index in [1.165, 1.54) is 18.2 Å². The average molecular weight is 320 g/mol. The molecule has 20 heavy (non-hydrogen) atoms. The summed E-state index contributed by atoms with van der Waals surface area (Å²) in [5, 5.41) is 11.0. The minimum atomic E-state index is -3.83. The number of benzene rings is 1. The summed E-state index contributed by atoms with van der Waals surface area (Å²) in [7, 11) is -3.83. The van der Waals surface area contributed by atoms with Gasteiger partial charge in [-0.15, -0.1) is 0 Å². The number of hydrogen-bond donors (Lipinski definition) is 3. The van der Waals surface area contributed by atoms with E-state index in [1.807, 2.05) is 13.8 Å². The number of anilines is 1. The molecule has 0 fully saturated rings. The van der Waals surface area contributed by atoms with E-state index < -0.39 is 10.0 Å². The number of amides is 1. The first-order valence-corrected chi connectivity index (χ1v) is 8.02. The lowest BCUT2D eigenvalue weighted by atomic mass is 10.2. The third-order valence-corrected chi connectivity index (χ3v) is 3.83. The van der Waals surface area contributed by atoms with Crippen LogP contribution in [0.1, 0.15) is 20.3 Å². The number of carbonyl (C=O) groups excluding carboxylic acids is 1. The third kappa shape index (κ3) is 5.09. The van der Waals surface area contributed by atoms with E-state index in [9.17, 15) is 13.2 Å². The van der Waals surface area contributed by atoms with Gasteiger partial charge < -0.3 is 10.6 Å². The lowest BCUT2D eigenvalue weighted by molar-refractivity contribution is -0.116. The minimum Gasteiger partial charge on any atom is -0.325 e. The summed E-state index contributed by atoms with van der Waals surface area (Å²) in [6.45, 7) is 4.59. The van der Waals surface area contributed by atoms with Crippen LogP contribution in [0.3, 0.4) is 0 Å². The van der Waals surface area contributed by atoms with E-state index in [-0.39, 0.29) is 34.0 Å². The van der Waals surface area contributed by atoms with Crippen molar-refractivity contribution in [2.24, 2.45) is 5.14 Å². The molecule has 8 heteroatoms. The summed E-state index contributed by atoms with van der Waals surface area (Å²) < 4.78 is 22.5. The van der Waals surface area contributed by atoms with Crippen molar-refractivity contribution in [3.05, 3.63) is 23.2 Å². The fraction of sp³-hybridized carbons (Fsp3) is 0.417. The second-order valence-corrected chi connectivity index (χ2v) is 6.37. The largest absolute Gasteiger partial charge is 0.325 e. The third-order valence-electron chi connectivity index (χ3n) is 2.58. The molecule has 0 spiro atoms. The molecule has 0 heterocycles. The van der Waals surface area contributed by atoms with Crippen LogP contribution in [0, 0.1) is 0 Å². The number of halogens is 1. The molecule has 0 radical (unpaired) electrons. The van der Waals surface area contributed by atoms with Crippen molar-refractivity contribution in [2.75, 3.05) is 11.9 Å². The van der Waals surface area contributed by atoms with Crippen molar-refractivity contribution in [1.82, 2.24) is 5.32 Å². The maximum atomic E-state index is 11.8. The van der Waals surface area contributed by atoms with E-state index in [0.29, 0.717) is 0 Å². The molecule has 0 aromatic heterocycles. The predicted octanol–water partition coefficient (Wildman–Crippen LogP) is 1.31. The summed E-state index contributed by atoms with van der Waals surface area (Å²) in [5.41, 5.74) is 0.229. The fourth-order valence-electron chi connectivity index (χ4n) is 1.68. The Balaban J connectivity index is 2.84. The Morgan fingerprint density at radius 2 is 2.10 bits per heavy atom. The molecule has 6 nitrogen and oxygen atoms in total. The zero-order chi connectivity index (χ0) is 15.3. The molecular weight excluding hydrogens is 302 g/mol. The van der Waals surface area contributed by atoms with Gasteiger partial charge in [0.15, 0.2) is 0 Å². The van der Waals surface area contributed by atoms with Crippen LogP contribution in [0.2, 0.25) is 5.02 Å². The van der Waals surface area contributed by atoms with Crippen LogP contribution in [-0.4, -0.2) is 26.9 Å². The van der Waals surface area contributed by atoms with Crippen LogP contribution in [0.4, 0.5) is 5.69 Å². The zero-order valence-electron chi connectivity index (χ0n) is 11.3. The van der Waals surface area contributed by atoms with Gasteiger partial charge in [0.1, 0.15) is 0 Å². The average Bonchev–Trinajstić information content (AvgIpc) is 2.30. The Morgan fingerprint density at radius 3 is 2.65 bits per heavy atom. The van der Waals surface area contributed by atoms with Gasteiger partial charge in [-0.2, -0.15) is 0 Å². The SMILES string of the molecule is CCNC(C)CC(=O)Nc1cc(S(N)(=O)=O)ccc1Cl. The summed E-state index contributed by atoms with van der Waals surface area (Å²) in [6, 6.07) is 3.92. The molecule has 1 unspecified atom stereocenters. The Hall–Kier alpha value is -1.15. The zero-order valence-corrected chi connectivity index (χ0v) is 12.9. The molecule has 112 valence electrons. The van der Waals surface area contributed by atoms with Gasteiger partial charge in [0.25, 0.3) is 0 Å². The van der Waals surface area contributed by atoms with Crippen molar-refractivity contribution >= 4 is 33.2 Å². The second kappa shape index (κ2) is 7.03. The first-order valence-electron chi connectivity index (χ1n) is 6.09. The van der Waals surface area contributed by atoms with Gasteiger partial charge in [0, 0.05) is 12.5 Å². The van der Waals surface area contributed by atoms with Gasteiger partial charge in [-0.05, 0) is 31.7 Å². The fourth-order valence-corrected chi connectivity index (χ4v) is 2.38. The number of nitrogens with one attached hydrogen (secondary N) is 2. The van der Waals surface area contributed by atoms with Gasteiger partial charge in [-0.1, -0.05) is 18.5 Å². The highest BCUT2D eigenvalue weighted by molar-refractivity contribution is 7.89. The summed E-state index contributed by atoms with van der Waals surface area (Å²) in [5.74, 6) is -0.257. The molecule has 0 aliphatic rings. The highest BCUT2D eigenvalue weighted by Crippen LogP contribution is 2.24. The highest BCUT2D eigenvalue weighted by atomic mass is 35.5. The Morgan fingerprint density at radius 1 is 1.45 bits per heavy atom.